The Bertz CT molecular complexity index is 148. The smallest absolute Gasteiger partial charge is 0.146 e. The average molecular weight is 187 g/mol. The van der Waals surface area contributed by atoms with Crippen LogP contribution in [0.3, 0.4) is 0 Å². The van der Waals surface area contributed by atoms with Gasteiger partial charge in [0, 0.05) is 13.2 Å². The van der Waals surface area contributed by atoms with Crippen LogP contribution in [-0.2, 0) is 9.53 Å². The van der Waals surface area contributed by atoms with E-state index in [-0.39, 0.29) is 17.9 Å². The highest BCUT2D eigenvalue weighted by molar-refractivity contribution is 5.81. The molecule has 0 saturated carbocycles. The second-order valence-corrected chi connectivity index (χ2v) is 2.88. The maximum atomic E-state index is 10.9. The predicted molar refractivity (Wildman–Crippen MR) is 53.9 cm³/mol. The molecule has 2 atom stereocenters. The molecule has 0 aromatic rings. The van der Waals surface area contributed by atoms with E-state index in [1.54, 1.807) is 6.92 Å². The van der Waals surface area contributed by atoms with Crippen molar-refractivity contribution >= 4 is 5.78 Å². The molecule has 1 fully saturated rings. The number of hydrogen-bond donors (Lipinski definition) is 1. The topological polar surface area (TPSA) is 38.3 Å². The molecule has 3 heteroatoms. The summed E-state index contributed by atoms with van der Waals surface area (Å²) in [5.74, 6) is 0.215. The second kappa shape index (κ2) is 7.04. The Morgan fingerprint density at radius 1 is 1.54 bits per heavy atom. The van der Waals surface area contributed by atoms with Crippen molar-refractivity contribution in [2.75, 3.05) is 13.2 Å². The largest absolute Gasteiger partial charge is 0.377 e. The van der Waals surface area contributed by atoms with Crippen LogP contribution in [0.25, 0.3) is 0 Å². The highest BCUT2D eigenvalue weighted by Gasteiger charge is 2.26. The van der Waals surface area contributed by atoms with Crippen LogP contribution in [0.5, 0.6) is 0 Å². The summed E-state index contributed by atoms with van der Waals surface area (Å²) in [6, 6.07) is 0.0338. The highest BCUT2D eigenvalue weighted by atomic mass is 16.5. The van der Waals surface area contributed by atoms with Crippen molar-refractivity contribution in [3.05, 3.63) is 0 Å². The Balaban J connectivity index is 0.000000671. The molecule has 1 rings (SSSR count). The number of Topliss-reactive ketones (excluding diaryl/α,β-unsaturated/α-hetero) is 1. The van der Waals surface area contributed by atoms with Crippen molar-refractivity contribution in [3.63, 3.8) is 0 Å². The van der Waals surface area contributed by atoms with E-state index in [2.05, 4.69) is 5.32 Å². The molecule has 1 aliphatic rings. The van der Waals surface area contributed by atoms with Gasteiger partial charge in [-0.25, -0.2) is 0 Å². The molecule has 13 heavy (non-hydrogen) atoms. The maximum absolute atomic E-state index is 10.9. The zero-order valence-corrected chi connectivity index (χ0v) is 9.09. The molecule has 0 aromatic carbocycles. The molecule has 0 bridgehead atoms. The summed E-state index contributed by atoms with van der Waals surface area (Å²) in [5, 5.41) is 3.12. The molecule has 0 aromatic heterocycles. The summed E-state index contributed by atoms with van der Waals surface area (Å²) in [7, 11) is 0. The van der Waals surface area contributed by atoms with Crippen LogP contribution in [0.15, 0.2) is 0 Å². The molecular formula is C10H21NO2. The zero-order valence-electron chi connectivity index (χ0n) is 9.09. The van der Waals surface area contributed by atoms with Crippen molar-refractivity contribution in [1.82, 2.24) is 5.32 Å². The van der Waals surface area contributed by atoms with Gasteiger partial charge in [-0.3, -0.25) is 4.79 Å². The van der Waals surface area contributed by atoms with E-state index in [9.17, 15) is 4.79 Å². The maximum Gasteiger partial charge on any atom is 0.146 e. The summed E-state index contributed by atoms with van der Waals surface area (Å²) < 4.78 is 5.37. The Labute approximate surface area is 80.8 Å². The molecule has 78 valence electrons. The fourth-order valence-electron chi connectivity index (χ4n) is 1.38. The molecule has 1 N–H and O–H groups in total. The molecule has 0 amide bonds. The number of ketones is 1. The summed E-state index contributed by atoms with van der Waals surface area (Å²) in [6.45, 7) is 9.14. The third kappa shape index (κ3) is 4.39. The van der Waals surface area contributed by atoms with Crippen molar-refractivity contribution in [1.29, 1.82) is 0 Å². The first-order chi connectivity index (χ1) is 6.24. The minimum absolute atomic E-state index is 0.0338. The van der Waals surface area contributed by atoms with E-state index >= 15 is 0 Å². The van der Waals surface area contributed by atoms with E-state index in [1.165, 1.54) is 0 Å². The highest BCUT2D eigenvalue weighted by Crippen LogP contribution is 2.10. The van der Waals surface area contributed by atoms with Crippen LogP contribution < -0.4 is 5.32 Å². The number of carbonyl (C=O) groups excluding carboxylic acids is 1. The third-order valence-corrected chi connectivity index (χ3v) is 1.98. The van der Waals surface area contributed by atoms with Gasteiger partial charge < -0.3 is 10.1 Å². The molecule has 1 heterocycles. The average Bonchev–Trinajstić information content (AvgIpc) is 2.57. The normalized spacial score (nSPS) is 26.5. The summed E-state index contributed by atoms with van der Waals surface area (Å²) in [4.78, 5) is 10.9. The fourth-order valence-corrected chi connectivity index (χ4v) is 1.38. The lowest BCUT2D eigenvalue weighted by Crippen LogP contribution is -2.28. The lowest BCUT2D eigenvalue weighted by atomic mass is 10.1. The Morgan fingerprint density at radius 3 is 2.54 bits per heavy atom. The first-order valence-corrected chi connectivity index (χ1v) is 5.09. The lowest BCUT2D eigenvalue weighted by Gasteiger charge is -2.07. The monoisotopic (exact) mass is 187 g/mol. The molecule has 0 radical (unpaired) electrons. The zero-order chi connectivity index (χ0) is 10.3. The van der Waals surface area contributed by atoms with Crippen LogP contribution in [0.2, 0.25) is 0 Å². The van der Waals surface area contributed by atoms with Gasteiger partial charge in [0.1, 0.15) is 5.78 Å². The quantitative estimate of drug-likeness (QED) is 0.725. The van der Waals surface area contributed by atoms with E-state index in [4.69, 9.17) is 4.74 Å². The Hall–Kier alpha value is -0.410. The number of nitrogens with one attached hydrogen (secondary N) is 1. The standard InChI is InChI=1S/C8H15NO2.C2H6/c1-3-11-7-4-8(6(2)10)9-5-7;1-2/h7-9H,3-5H2,1-2H3;1-2H3. The minimum Gasteiger partial charge on any atom is -0.377 e. The summed E-state index contributed by atoms with van der Waals surface area (Å²) in [5.41, 5.74) is 0. The van der Waals surface area contributed by atoms with Crippen molar-refractivity contribution in [2.45, 2.75) is 46.3 Å². The molecule has 2 unspecified atom stereocenters. The van der Waals surface area contributed by atoms with E-state index < -0.39 is 0 Å². The lowest BCUT2D eigenvalue weighted by molar-refractivity contribution is -0.118. The van der Waals surface area contributed by atoms with Gasteiger partial charge in [-0.05, 0) is 20.3 Å². The molecular weight excluding hydrogens is 166 g/mol. The Morgan fingerprint density at radius 2 is 2.15 bits per heavy atom. The molecule has 0 aliphatic carbocycles. The Kier molecular flexibility index (Phi) is 6.82. The van der Waals surface area contributed by atoms with E-state index in [1.807, 2.05) is 20.8 Å². The van der Waals surface area contributed by atoms with Crippen LogP contribution in [0.4, 0.5) is 0 Å². The molecule has 1 saturated heterocycles. The molecule has 3 nitrogen and oxygen atoms in total. The predicted octanol–water partition coefficient (Wildman–Crippen LogP) is 1.37. The van der Waals surface area contributed by atoms with Crippen molar-refractivity contribution in [3.8, 4) is 0 Å². The molecule has 0 spiro atoms. The van der Waals surface area contributed by atoms with Crippen molar-refractivity contribution < 1.29 is 9.53 Å². The van der Waals surface area contributed by atoms with Crippen LogP contribution in [0.1, 0.15) is 34.1 Å². The summed E-state index contributed by atoms with van der Waals surface area (Å²) >= 11 is 0. The van der Waals surface area contributed by atoms with Gasteiger partial charge in [-0.15, -0.1) is 0 Å². The van der Waals surface area contributed by atoms with Gasteiger partial charge in [0.15, 0.2) is 0 Å². The number of ether oxygens (including phenoxy) is 1. The van der Waals surface area contributed by atoms with Gasteiger partial charge in [0.25, 0.3) is 0 Å². The number of rotatable bonds is 3. The minimum atomic E-state index is 0.0338. The van der Waals surface area contributed by atoms with Crippen LogP contribution in [0, 0.1) is 0 Å². The van der Waals surface area contributed by atoms with Crippen LogP contribution in [-0.4, -0.2) is 31.1 Å². The van der Waals surface area contributed by atoms with Gasteiger partial charge in [-0.2, -0.15) is 0 Å². The first kappa shape index (κ1) is 12.6. The number of carbonyl (C=O) groups is 1. The SMILES string of the molecule is CC.CCOC1CNC(C(C)=O)C1. The van der Waals surface area contributed by atoms with Gasteiger partial charge in [0.05, 0.1) is 12.1 Å². The fraction of sp³-hybridized carbons (Fsp3) is 0.900. The van der Waals surface area contributed by atoms with Gasteiger partial charge in [0.2, 0.25) is 0 Å². The molecule has 1 aliphatic heterocycles. The van der Waals surface area contributed by atoms with Gasteiger partial charge >= 0.3 is 0 Å². The summed E-state index contributed by atoms with van der Waals surface area (Å²) in [6.07, 6.45) is 1.08. The first-order valence-electron chi connectivity index (χ1n) is 5.09. The number of hydrogen-bond acceptors (Lipinski definition) is 3. The second-order valence-electron chi connectivity index (χ2n) is 2.88. The van der Waals surface area contributed by atoms with Crippen LogP contribution >= 0.6 is 0 Å². The van der Waals surface area contributed by atoms with E-state index in [0.717, 1.165) is 19.6 Å². The van der Waals surface area contributed by atoms with Gasteiger partial charge in [-0.1, -0.05) is 13.8 Å². The third-order valence-electron chi connectivity index (χ3n) is 1.98. The van der Waals surface area contributed by atoms with Crippen molar-refractivity contribution in [2.24, 2.45) is 0 Å². The van der Waals surface area contributed by atoms with E-state index in [0.29, 0.717) is 0 Å².